The second kappa shape index (κ2) is 14.7. The van der Waals surface area contributed by atoms with Gasteiger partial charge in [0.15, 0.2) is 0 Å². The van der Waals surface area contributed by atoms with E-state index in [2.05, 4.69) is 143 Å². The third-order valence-corrected chi connectivity index (χ3v) is 9.09. The van der Waals surface area contributed by atoms with Crippen molar-refractivity contribution in [3.63, 3.8) is 0 Å². The minimum atomic E-state index is 0. The fourth-order valence-corrected chi connectivity index (χ4v) is 6.28. The summed E-state index contributed by atoms with van der Waals surface area (Å²) in [7, 11) is 0. The first-order valence-electron chi connectivity index (χ1n) is 17.1. The fraction of sp³-hybridized carbons (Fsp3) is 0.196. The van der Waals surface area contributed by atoms with Crippen molar-refractivity contribution in [1.29, 1.82) is 0 Å². The molecule has 0 unspecified atom stereocenters. The Morgan fingerprint density at radius 1 is 0.686 bits per heavy atom. The van der Waals surface area contributed by atoms with E-state index in [0.717, 1.165) is 73.0 Å². The molecule has 1 radical (unpaired) electrons. The van der Waals surface area contributed by atoms with Crippen LogP contribution in [0.25, 0.3) is 66.5 Å². The summed E-state index contributed by atoms with van der Waals surface area (Å²) in [6, 6.07) is 40.1. The van der Waals surface area contributed by atoms with Crippen molar-refractivity contribution in [3.8, 4) is 33.6 Å². The van der Waals surface area contributed by atoms with Crippen LogP contribution in [-0.2, 0) is 26.5 Å². The summed E-state index contributed by atoms with van der Waals surface area (Å²) >= 11 is 0. The van der Waals surface area contributed by atoms with Crippen LogP contribution in [0.2, 0.25) is 0 Å². The number of benzene rings is 4. The largest absolute Gasteiger partial charge is 0.498 e. The van der Waals surface area contributed by atoms with Gasteiger partial charge in [0, 0.05) is 49.0 Å². The van der Waals surface area contributed by atoms with E-state index in [1.807, 2.05) is 37.5 Å². The molecular formula is C46H41IrN3O-2. The molecule has 0 saturated heterocycles. The van der Waals surface area contributed by atoms with Crippen LogP contribution in [0.4, 0.5) is 0 Å². The van der Waals surface area contributed by atoms with Crippen LogP contribution in [0, 0.1) is 45.2 Å². The van der Waals surface area contributed by atoms with Gasteiger partial charge in [-0.15, -0.1) is 47.5 Å². The first kappa shape index (κ1) is 35.9. The van der Waals surface area contributed by atoms with E-state index < -0.39 is 0 Å². The van der Waals surface area contributed by atoms with Gasteiger partial charge in [-0.3, -0.25) is 0 Å². The number of fused-ring (bicyclic) bond motifs is 5. The van der Waals surface area contributed by atoms with Gasteiger partial charge < -0.3 is 14.4 Å². The van der Waals surface area contributed by atoms with Crippen molar-refractivity contribution in [3.05, 3.63) is 150 Å². The maximum atomic E-state index is 6.43. The molecule has 4 heterocycles. The Morgan fingerprint density at radius 3 is 2.16 bits per heavy atom. The molecule has 0 aliphatic carbocycles. The topological polar surface area (TPSA) is 51.8 Å². The molecule has 8 aromatic rings. The van der Waals surface area contributed by atoms with Crippen LogP contribution >= 0.6 is 0 Å². The van der Waals surface area contributed by atoms with Gasteiger partial charge in [-0.25, -0.2) is 4.98 Å². The van der Waals surface area contributed by atoms with Crippen molar-refractivity contribution in [2.75, 3.05) is 0 Å². The smallest absolute Gasteiger partial charge is 0.147 e. The van der Waals surface area contributed by atoms with E-state index in [-0.39, 0.29) is 25.5 Å². The summed E-state index contributed by atoms with van der Waals surface area (Å²) in [4.78, 5) is 14.1. The second-order valence-electron chi connectivity index (χ2n) is 14.4. The van der Waals surface area contributed by atoms with Gasteiger partial charge in [0.05, 0.1) is 5.58 Å². The van der Waals surface area contributed by atoms with Gasteiger partial charge >= 0.3 is 0 Å². The minimum Gasteiger partial charge on any atom is -0.498 e. The van der Waals surface area contributed by atoms with E-state index in [9.17, 15) is 0 Å². The summed E-state index contributed by atoms with van der Waals surface area (Å²) in [5.74, 6) is 0. The van der Waals surface area contributed by atoms with E-state index in [0.29, 0.717) is 0 Å². The predicted molar refractivity (Wildman–Crippen MR) is 207 cm³/mol. The zero-order valence-corrected chi connectivity index (χ0v) is 32.6. The van der Waals surface area contributed by atoms with Gasteiger partial charge in [-0.2, -0.15) is 0 Å². The summed E-state index contributed by atoms with van der Waals surface area (Å²) < 4.78 is 6.43. The fourth-order valence-electron chi connectivity index (χ4n) is 6.28. The molecule has 4 aromatic heterocycles. The monoisotopic (exact) mass is 844 g/mol. The van der Waals surface area contributed by atoms with E-state index in [4.69, 9.17) is 9.40 Å². The molecule has 0 saturated carbocycles. The van der Waals surface area contributed by atoms with Crippen LogP contribution in [0.15, 0.2) is 114 Å². The number of hydrogen-bond donors (Lipinski definition) is 0. The quantitative estimate of drug-likeness (QED) is 0.166. The first-order valence-corrected chi connectivity index (χ1v) is 17.1. The normalized spacial score (nSPS) is 11.4. The van der Waals surface area contributed by atoms with E-state index >= 15 is 0 Å². The van der Waals surface area contributed by atoms with Gasteiger partial charge in [0.2, 0.25) is 0 Å². The number of furan rings is 1. The summed E-state index contributed by atoms with van der Waals surface area (Å²) in [6.07, 6.45) is 4.73. The zero-order chi connectivity index (χ0) is 35.0. The Morgan fingerprint density at radius 2 is 1.43 bits per heavy atom. The average molecular weight is 844 g/mol. The zero-order valence-electron chi connectivity index (χ0n) is 30.2. The molecule has 5 heteroatoms. The van der Waals surface area contributed by atoms with Crippen LogP contribution in [0.3, 0.4) is 0 Å². The standard InChI is InChI=1S/C26H23N2O.C20H18N.Ir/c1-16-8-13-22(27-15-16)21-7-5-6-19-20-12-10-17-9-11-18(14-26(2,3)4)28-23(17)25(20)29-24(19)21;1-14-9-10-18(20-11-15(2)16(3)13-21-20)12-19(14)17-7-5-4-6-8-17;/h5-6,8-13,15H,14H2,1-4H3;4-9,11-13H,1-3H3;/q2*-1;. The Labute approximate surface area is 314 Å². The first-order chi connectivity index (χ1) is 24.0. The number of aromatic nitrogens is 3. The van der Waals surface area contributed by atoms with Crippen LogP contribution in [0.5, 0.6) is 0 Å². The molecule has 0 fully saturated rings. The molecule has 0 aliphatic heterocycles. The second-order valence-corrected chi connectivity index (χ2v) is 14.4. The van der Waals surface area contributed by atoms with Crippen LogP contribution in [-0.4, -0.2) is 15.0 Å². The average Bonchev–Trinajstić information content (AvgIpc) is 3.50. The molecule has 257 valence electrons. The SMILES string of the molecule is Cc1ccc(-c2[c-]ccc3c2oc2c3ccc3ccc(CC(C)(C)C)nc32)nc1.Cc1cnc(-c2[c-]cc(C)c(-c3ccccc3)c2)cc1C.[Ir]. The van der Waals surface area contributed by atoms with Crippen molar-refractivity contribution in [2.45, 2.75) is 54.9 Å². The maximum absolute atomic E-state index is 6.43. The molecular weight excluding hydrogens is 803 g/mol. The molecule has 4 nitrogen and oxygen atoms in total. The number of pyridine rings is 3. The molecule has 8 rings (SSSR count). The van der Waals surface area contributed by atoms with Crippen LogP contribution < -0.4 is 0 Å². The molecule has 4 aromatic carbocycles. The van der Waals surface area contributed by atoms with Crippen LogP contribution in [0.1, 0.15) is 48.7 Å². The molecule has 0 spiro atoms. The summed E-state index contributed by atoms with van der Waals surface area (Å²) in [5, 5.41) is 3.24. The molecule has 0 bridgehead atoms. The number of rotatable bonds is 4. The number of nitrogens with zero attached hydrogens (tertiary/aromatic N) is 3. The number of aryl methyl sites for hydroxylation is 4. The minimum absolute atomic E-state index is 0. The Balaban J connectivity index is 0.000000181. The Hall–Kier alpha value is -4.96. The van der Waals surface area contributed by atoms with Gasteiger partial charge in [0.25, 0.3) is 0 Å². The Kier molecular flexibility index (Phi) is 10.3. The van der Waals surface area contributed by atoms with E-state index in [1.165, 1.54) is 27.8 Å². The van der Waals surface area contributed by atoms with E-state index in [1.54, 1.807) is 0 Å². The molecule has 0 aliphatic rings. The van der Waals surface area contributed by atoms with Crippen molar-refractivity contribution < 1.29 is 24.5 Å². The third kappa shape index (κ3) is 7.71. The maximum Gasteiger partial charge on any atom is 0.147 e. The third-order valence-electron chi connectivity index (χ3n) is 9.09. The van der Waals surface area contributed by atoms with Crippen molar-refractivity contribution in [1.82, 2.24) is 15.0 Å². The van der Waals surface area contributed by atoms with Crippen molar-refractivity contribution >= 4 is 32.8 Å². The summed E-state index contributed by atoms with van der Waals surface area (Å²) in [5.41, 5.74) is 14.9. The predicted octanol–water partition coefficient (Wildman–Crippen LogP) is 12.0. The van der Waals surface area contributed by atoms with Gasteiger partial charge in [-0.1, -0.05) is 117 Å². The Bertz CT molecular complexity index is 2480. The molecule has 51 heavy (non-hydrogen) atoms. The molecule has 0 N–H and O–H groups in total. The van der Waals surface area contributed by atoms with Crippen molar-refractivity contribution in [2.24, 2.45) is 5.41 Å². The number of hydrogen-bond acceptors (Lipinski definition) is 4. The molecule has 0 amide bonds. The van der Waals surface area contributed by atoms with Gasteiger partial charge in [0.1, 0.15) is 11.1 Å². The summed E-state index contributed by atoms with van der Waals surface area (Å²) in [6.45, 7) is 15.1. The molecule has 0 atom stereocenters. The van der Waals surface area contributed by atoms with Gasteiger partial charge in [-0.05, 0) is 66.8 Å².